The highest BCUT2D eigenvalue weighted by atomic mass is 16.7. The van der Waals surface area contributed by atoms with Crippen LogP contribution in [0.3, 0.4) is 0 Å². The molecule has 2 aromatic rings. The maximum atomic E-state index is 12.2. The lowest BCUT2D eigenvalue weighted by molar-refractivity contribution is -0.163. The lowest BCUT2D eigenvalue weighted by Crippen LogP contribution is -2.39. The van der Waals surface area contributed by atoms with Crippen LogP contribution in [0.25, 0.3) is 11.1 Å². The molecule has 0 saturated heterocycles. The number of aliphatic carboxylic acids is 1. The number of aliphatic hydroxyl groups excluding tert-OH is 1. The second kappa shape index (κ2) is 10.0. The first-order chi connectivity index (χ1) is 15.9. The minimum absolute atomic E-state index is 0.0790. The number of benzene rings is 2. The van der Waals surface area contributed by atoms with Crippen molar-refractivity contribution < 1.29 is 34.2 Å². The maximum Gasteiger partial charge on any atom is 0.407 e. The number of aliphatic hydroxyl groups is 1. The van der Waals surface area contributed by atoms with E-state index >= 15 is 0 Å². The minimum Gasteiger partial charge on any atom is -0.479 e. The van der Waals surface area contributed by atoms with Crippen LogP contribution in [0.2, 0.25) is 0 Å². The van der Waals surface area contributed by atoms with Crippen LogP contribution in [0.15, 0.2) is 48.5 Å². The summed E-state index contributed by atoms with van der Waals surface area (Å²) >= 11 is 0. The maximum absolute atomic E-state index is 12.2. The Kier molecular flexibility index (Phi) is 6.90. The van der Waals surface area contributed by atoms with Crippen molar-refractivity contribution in [1.29, 1.82) is 0 Å². The zero-order chi connectivity index (χ0) is 23.4. The molecule has 2 aromatic carbocycles. The fourth-order valence-electron chi connectivity index (χ4n) is 4.05. The lowest BCUT2D eigenvalue weighted by atomic mass is 9.98. The van der Waals surface area contributed by atoms with Crippen molar-refractivity contribution in [2.45, 2.75) is 37.4 Å². The van der Waals surface area contributed by atoms with Gasteiger partial charge < -0.3 is 20.3 Å². The summed E-state index contributed by atoms with van der Waals surface area (Å²) in [4.78, 5) is 40.1. The van der Waals surface area contributed by atoms with Gasteiger partial charge in [0.25, 0.3) is 0 Å². The summed E-state index contributed by atoms with van der Waals surface area (Å²) in [6, 6.07) is 16.0. The van der Waals surface area contributed by atoms with E-state index in [1.807, 2.05) is 48.5 Å². The number of hydroxylamine groups is 1. The molecule has 4 rings (SSSR count). The van der Waals surface area contributed by atoms with Crippen molar-refractivity contribution in [2.24, 2.45) is 5.92 Å². The molecule has 174 valence electrons. The third kappa shape index (κ3) is 5.50. The number of fused-ring (bicyclic) bond motifs is 3. The minimum atomic E-state index is -1.18. The number of ether oxygens (including phenoxy) is 1. The number of carboxylic acid groups (broad SMARTS) is 1. The number of rotatable bonds is 10. The molecule has 9 heteroatoms. The van der Waals surface area contributed by atoms with E-state index in [1.54, 1.807) is 0 Å². The Morgan fingerprint density at radius 2 is 1.61 bits per heavy atom. The van der Waals surface area contributed by atoms with E-state index in [9.17, 15) is 19.5 Å². The fraction of sp³-hybridized carbons (Fsp3) is 0.375. The van der Waals surface area contributed by atoms with Gasteiger partial charge in [-0.25, -0.2) is 15.1 Å². The molecule has 0 bridgehead atoms. The average molecular weight is 454 g/mol. The van der Waals surface area contributed by atoms with Gasteiger partial charge in [-0.15, -0.1) is 0 Å². The van der Waals surface area contributed by atoms with Gasteiger partial charge in [0.15, 0.2) is 6.10 Å². The number of nitrogens with one attached hydrogen (secondary N) is 2. The SMILES string of the molecule is O=C(CC(O)CNC(=O)OCC1c2ccccc2-c2ccccc21)NOC(C(=O)O)C1CC1. The van der Waals surface area contributed by atoms with Gasteiger partial charge in [0.1, 0.15) is 6.61 Å². The Hall–Kier alpha value is -3.43. The first-order valence-electron chi connectivity index (χ1n) is 10.9. The number of hydrogen-bond acceptors (Lipinski definition) is 6. The molecule has 2 aliphatic carbocycles. The summed E-state index contributed by atoms with van der Waals surface area (Å²) < 4.78 is 5.38. The second-order valence-electron chi connectivity index (χ2n) is 8.30. The van der Waals surface area contributed by atoms with Crippen molar-refractivity contribution in [1.82, 2.24) is 10.8 Å². The molecule has 33 heavy (non-hydrogen) atoms. The molecular weight excluding hydrogens is 428 g/mol. The summed E-state index contributed by atoms with van der Waals surface area (Å²) in [6.07, 6.45) is -1.87. The molecule has 0 aromatic heterocycles. The molecule has 0 aliphatic heterocycles. The van der Waals surface area contributed by atoms with Crippen molar-refractivity contribution in [3.63, 3.8) is 0 Å². The van der Waals surface area contributed by atoms with E-state index in [-0.39, 0.29) is 31.4 Å². The molecule has 0 radical (unpaired) electrons. The summed E-state index contributed by atoms with van der Waals surface area (Å²) in [5.41, 5.74) is 6.49. The van der Waals surface area contributed by atoms with E-state index in [2.05, 4.69) is 10.8 Å². The molecule has 2 atom stereocenters. The third-order valence-corrected chi connectivity index (χ3v) is 5.84. The van der Waals surface area contributed by atoms with E-state index in [4.69, 9.17) is 14.7 Å². The van der Waals surface area contributed by atoms with Crippen LogP contribution in [0.5, 0.6) is 0 Å². The summed E-state index contributed by atoms with van der Waals surface area (Å²) in [6.45, 7) is -0.0584. The van der Waals surface area contributed by atoms with Crippen LogP contribution in [0.4, 0.5) is 4.79 Å². The van der Waals surface area contributed by atoms with Gasteiger partial charge in [-0.3, -0.25) is 9.63 Å². The van der Waals surface area contributed by atoms with Crippen molar-refractivity contribution in [3.05, 3.63) is 59.7 Å². The molecule has 9 nitrogen and oxygen atoms in total. The standard InChI is InChI=1S/C24H26N2O7/c27-15(11-21(28)26-33-22(23(29)30)14-9-10-14)12-25-24(31)32-13-20-18-7-3-1-5-16(18)17-6-2-4-8-19(17)20/h1-8,14-15,20,22,27H,9-13H2,(H,25,31)(H,26,28)(H,29,30). The molecule has 0 heterocycles. The normalized spacial score (nSPS) is 16.3. The van der Waals surface area contributed by atoms with Gasteiger partial charge in [0, 0.05) is 12.5 Å². The Morgan fingerprint density at radius 3 is 2.18 bits per heavy atom. The zero-order valence-electron chi connectivity index (χ0n) is 17.9. The number of carbonyl (C=O) groups excluding carboxylic acids is 2. The van der Waals surface area contributed by atoms with E-state index in [0.717, 1.165) is 35.1 Å². The first kappa shape index (κ1) is 22.8. The van der Waals surface area contributed by atoms with E-state index in [1.165, 1.54) is 0 Å². The molecule has 1 saturated carbocycles. The number of hydrogen-bond donors (Lipinski definition) is 4. The zero-order valence-corrected chi connectivity index (χ0v) is 17.9. The highest BCUT2D eigenvalue weighted by Crippen LogP contribution is 2.44. The number of alkyl carbamates (subject to hydrolysis) is 1. The quantitative estimate of drug-likeness (QED) is 0.404. The summed E-state index contributed by atoms with van der Waals surface area (Å²) in [5, 5.41) is 21.5. The van der Waals surface area contributed by atoms with E-state index < -0.39 is 30.2 Å². The average Bonchev–Trinajstić information content (AvgIpc) is 3.58. The Bertz CT molecular complexity index is 991. The topological polar surface area (TPSA) is 134 Å². The third-order valence-electron chi connectivity index (χ3n) is 5.84. The largest absolute Gasteiger partial charge is 0.479 e. The van der Waals surface area contributed by atoms with E-state index in [0.29, 0.717) is 0 Å². The first-order valence-corrected chi connectivity index (χ1v) is 10.9. The van der Waals surface area contributed by atoms with Gasteiger partial charge in [-0.05, 0) is 41.0 Å². The number of carbonyl (C=O) groups is 3. The van der Waals surface area contributed by atoms with Crippen LogP contribution in [-0.2, 0) is 19.2 Å². The lowest BCUT2D eigenvalue weighted by Gasteiger charge is -2.16. The van der Waals surface area contributed by atoms with Crippen LogP contribution >= 0.6 is 0 Å². The van der Waals surface area contributed by atoms with Gasteiger partial charge in [-0.2, -0.15) is 0 Å². The van der Waals surface area contributed by atoms with Crippen LogP contribution in [0, 0.1) is 5.92 Å². The van der Waals surface area contributed by atoms with Crippen LogP contribution in [0.1, 0.15) is 36.3 Å². The smallest absolute Gasteiger partial charge is 0.407 e. The molecule has 0 spiro atoms. The van der Waals surface area contributed by atoms with Gasteiger partial charge in [0.05, 0.1) is 12.5 Å². The molecule has 2 unspecified atom stereocenters. The van der Waals surface area contributed by atoms with Gasteiger partial charge >= 0.3 is 12.1 Å². The van der Waals surface area contributed by atoms with Crippen molar-refractivity contribution in [3.8, 4) is 11.1 Å². The summed E-state index contributed by atoms with van der Waals surface area (Å²) in [5.74, 6) is -2.01. The summed E-state index contributed by atoms with van der Waals surface area (Å²) in [7, 11) is 0. The molecule has 4 N–H and O–H groups in total. The van der Waals surface area contributed by atoms with Crippen molar-refractivity contribution in [2.75, 3.05) is 13.2 Å². The highest BCUT2D eigenvalue weighted by Gasteiger charge is 2.38. The molecular formula is C24H26N2O7. The Labute approximate surface area is 190 Å². The predicted molar refractivity (Wildman–Crippen MR) is 117 cm³/mol. The number of carboxylic acids is 1. The monoisotopic (exact) mass is 454 g/mol. The Morgan fingerprint density at radius 1 is 1.00 bits per heavy atom. The van der Waals surface area contributed by atoms with Gasteiger partial charge in [-0.1, -0.05) is 48.5 Å². The molecule has 1 fully saturated rings. The fourth-order valence-corrected chi connectivity index (χ4v) is 4.05. The molecule has 2 aliphatic rings. The second-order valence-corrected chi connectivity index (χ2v) is 8.30. The van der Waals surface area contributed by atoms with Crippen LogP contribution < -0.4 is 10.8 Å². The number of amides is 2. The van der Waals surface area contributed by atoms with Gasteiger partial charge in [0.2, 0.25) is 5.91 Å². The van der Waals surface area contributed by atoms with Crippen molar-refractivity contribution >= 4 is 18.0 Å². The predicted octanol–water partition coefficient (Wildman–Crippen LogP) is 2.19. The van der Waals surface area contributed by atoms with Crippen LogP contribution in [-0.4, -0.2) is 53.5 Å². The molecule has 2 amide bonds. The Balaban J connectivity index is 1.21. The highest BCUT2D eigenvalue weighted by molar-refractivity contribution is 5.79.